The number of rotatable bonds is 5. The first-order valence-corrected chi connectivity index (χ1v) is 8.86. The van der Waals surface area contributed by atoms with E-state index in [9.17, 15) is 8.42 Å². The molecular formula is C17H19NO3S. The summed E-state index contributed by atoms with van der Waals surface area (Å²) in [5.41, 5.74) is 2.19. The number of hydrogen-bond donors (Lipinski definition) is 1. The first-order chi connectivity index (χ1) is 10.5. The smallest absolute Gasteiger partial charge is 0.236 e. The van der Waals surface area contributed by atoms with Crippen LogP contribution < -0.4 is 4.72 Å². The van der Waals surface area contributed by atoms with Crippen LogP contribution in [-0.2, 0) is 22.9 Å². The van der Waals surface area contributed by atoms with Gasteiger partial charge in [0, 0.05) is 12.5 Å². The van der Waals surface area contributed by atoms with Crippen LogP contribution in [0.2, 0.25) is 0 Å². The maximum Gasteiger partial charge on any atom is 0.236 e. The molecule has 2 aromatic rings. The Bertz CT molecular complexity index is 776. The molecule has 0 saturated carbocycles. The van der Waals surface area contributed by atoms with E-state index in [-0.39, 0.29) is 6.04 Å². The van der Waals surface area contributed by atoms with Gasteiger partial charge in [0.1, 0.15) is 5.76 Å². The van der Waals surface area contributed by atoms with E-state index in [1.807, 2.05) is 37.3 Å². The van der Waals surface area contributed by atoms with Gasteiger partial charge in [-0.15, -0.1) is 0 Å². The molecule has 0 fully saturated rings. The molecule has 1 aromatic heterocycles. The molecule has 0 bridgehead atoms. The Morgan fingerprint density at radius 2 is 2.00 bits per heavy atom. The van der Waals surface area contributed by atoms with Gasteiger partial charge in [-0.25, -0.2) is 13.1 Å². The molecule has 22 heavy (non-hydrogen) atoms. The van der Waals surface area contributed by atoms with Gasteiger partial charge >= 0.3 is 0 Å². The summed E-state index contributed by atoms with van der Waals surface area (Å²) in [4.78, 5) is 0.456. The maximum atomic E-state index is 12.5. The molecule has 5 heteroatoms. The van der Waals surface area contributed by atoms with Crippen molar-refractivity contribution in [3.8, 4) is 0 Å². The Hall–Kier alpha value is -1.85. The third-order valence-electron chi connectivity index (χ3n) is 3.80. The molecule has 1 aliphatic rings. The van der Waals surface area contributed by atoms with Crippen LogP contribution in [0.3, 0.4) is 0 Å². The zero-order chi connectivity index (χ0) is 15.6. The molecule has 0 unspecified atom stereocenters. The summed E-state index contributed by atoms with van der Waals surface area (Å²) in [5.74, 6) is 0.776. The first kappa shape index (κ1) is 15.1. The van der Waals surface area contributed by atoms with Crippen LogP contribution in [0.25, 0.3) is 6.08 Å². The lowest BCUT2D eigenvalue weighted by Crippen LogP contribution is -2.35. The molecule has 0 saturated heterocycles. The SMILES string of the molecule is C[C@H](Cc1ccco1)NS(=O)(=O)C1=Cc2ccccc2CC1. The Morgan fingerprint density at radius 3 is 2.77 bits per heavy atom. The van der Waals surface area contributed by atoms with Crippen molar-refractivity contribution in [1.82, 2.24) is 4.72 Å². The van der Waals surface area contributed by atoms with E-state index in [0.717, 1.165) is 17.7 Å². The molecule has 1 aliphatic carbocycles. The molecular weight excluding hydrogens is 298 g/mol. The van der Waals surface area contributed by atoms with E-state index in [2.05, 4.69) is 4.72 Å². The van der Waals surface area contributed by atoms with Gasteiger partial charge in [-0.1, -0.05) is 24.3 Å². The molecule has 1 atom stereocenters. The minimum Gasteiger partial charge on any atom is -0.469 e. The minimum atomic E-state index is -3.46. The van der Waals surface area contributed by atoms with Crippen molar-refractivity contribution in [1.29, 1.82) is 0 Å². The molecule has 0 amide bonds. The molecule has 1 heterocycles. The Morgan fingerprint density at radius 1 is 1.18 bits per heavy atom. The predicted octanol–water partition coefficient (Wildman–Crippen LogP) is 3.12. The number of allylic oxidation sites excluding steroid dienone is 1. The second kappa shape index (κ2) is 6.10. The first-order valence-electron chi connectivity index (χ1n) is 7.38. The third kappa shape index (κ3) is 3.31. The zero-order valence-corrected chi connectivity index (χ0v) is 13.3. The summed E-state index contributed by atoms with van der Waals surface area (Å²) in [6.07, 6.45) is 5.21. The average molecular weight is 317 g/mol. The Kier molecular flexibility index (Phi) is 4.18. The second-order valence-corrected chi connectivity index (χ2v) is 7.38. The largest absolute Gasteiger partial charge is 0.469 e. The number of furan rings is 1. The highest BCUT2D eigenvalue weighted by molar-refractivity contribution is 7.93. The van der Waals surface area contributed by atoms with Crippen LogP contribution in [0.15, 0.2) is 52.0 Å². The number of hydrogen-bond acceptors (Lipinski definition) is 3. The number of aryl methyl sites for hydroxylation is 1. The highest BCUT2D eigenvalue weighted by Crippen LogP contribution is 2.26. The standard InChI is InChI=1S/C17H19NO3S/c1-13(11-16-7-4-10-21-16)18-22(19,20)17-9-8-14-5-2-3-6-15(14)12-17/h2-7,10,12-13,18H,8-9,11H2,1H3/t13-/m1/s1. The van der Waals surface area contributed by atoms with Crippen LogP contribution >= 0.6 is 0 Å². The molecule has 0 radical (unpaired) electrons. The van der Waals surface area contributed by atoms with Gasteiger partial charge in [-0.2, -0.15) is 0 Å². The minimum absolute atomic E-state index is 0.214. The van der Waals surface area contributed by atoms with Crippen LogP contribution in [-0.4, -0.2) is 14.5 Å². The van der Waals surface area contributed by atoms with Crippen molar-refractivity contribution < 1.29 is 12.8 Å². The Labute approximate surface area is 130 Å². The summed E-state index contributed by atoms with van der Waals surface area (Å²) in [6, 6.07) is 11.3. The Balaban J connectivity index is 1.75. The lowest BCUT2D eigenvalue weighted by molar-refractivity contribution is 0.479. The highest BCUT2D eigenvalue weighted by Gasteiger charge is 2.23. The van der Waals surface area contributed by atoms with Crippen LogP contribution in [0, 0.1) is 0 Å². The topological polar surface area (TPSA) is 59.3 Å². The van der Waals surface area contributed by atoms with E-state index >= 15 is 0 Å². The van der Waals surface area contributed by atoms with Crippen molar-refractivity contribution in [2.45, 2.75) is 32.2 Å². The van der Waals surface area contributed by atoms with Crippen LogP contribution in [0.1, 0.15) is 30.2 Å². The van der Waals surface area contributed by atoms with Crippen molar-refractivity contribution in [3.05, 3.63) is 64.5 Å². The summed E-state index contributed by atoms with van der Waals surface area (Å²) in [7, 11) is -3.46. The van der Waals surface area contributed by atoms with E-state index < -0.39 is 10.0 Å². The fraction of sp³-hybridized carbons (Fsp3) is 0.294. The molecule has 1 N–H and O–H groups in total. The molecule has 1 aromatic carbocycles. The van der Waals surface area contributed by atoms with Crippen molar-refractivity contribution in [3.63, 3.8) is 0 Å². The normalized spacial score (nSPS) is 16.0. The van der Waals surface area contributed by atoms with Crippen molar-refractivity contribution in [2.24, 2.45) is 0 Å². The maximum absolute atomic E-state index is 12.5. The van der Waals surface area contributed by atoms with E-state index in [1.54, 1.807) is 18.4 Å². The van der Waals surface area contributed by atoms with Gasteiger partial charge in [-0.05, 0) is 49.1 Å². The highest BCUT2D eigenvalue weighted by atomic mass is 32.2. The van der Waals surface area contributed by atoms with Gasteiger partial charge in [0.15, 0.2) is 0 Å². The fourth-order valence-corrected chi connectivity index (χ4v) is 4.15. The van der Waals surface area contributed by atoms with Gasteiger partial charge in [0.05, 0.1) is 11.2 Å². The van der Waals surface area contributed by atoms with Gasteiger partial charge in [0.2, 0.25) is 10.0 Å². The zero-order valence-electron chi connectivity index (χ0n) is 12.5. The van der Waals surface area contributed by atoms with Crippen molar-refractivity contribution >= 4 is 16.1 Å². The summed E-state index contributed by atoms with van der Waals surface area (Å²) in [6.45, 7) is 1.84. The van der Waals surface area contributed by atoms with Gasteiger partial charge in [0.25, 0.3) is 0 Å². The summed E-state index contributed by atoms with van der Waals surface area (Å²) in [5, 5.41) is 0. The fourth-order valence-electron chi connectivity index (χ4n) is 2.73. The van der Waals surface area contributed by atoms with Gasteiger partial charge in [-0.3, -0.25) is 0 Å². The lowest BCUT2D eigenvalue weighted by Gasteiger charge is -2.19. The van der Waals surface area contributed by atoms with E-state index in [1.165, 1.54) is 5.56 Å². The third-order valence-corrected chi connectivity index (χ3v) is 5.53. The summed E-state index contributed by atoms with van der Waals surface area (Å²) < 4.78 is 33.0. The van der Waals surface area contributed by atoms with Crippen molar-refractivity contribution in [2.75, 3.05) is 0 Å². The number of nitrogens with one attached hydrogen (secondary N) is 1. The van der Waals surface area contributed by atoms with Gasteiger partial charge < -0.3 is 4.42 Å². The lowest BCUT2D eigenvalue weighted by atomic mass is 9.98. The molecule has 116 valence electrons. The number of benzene rings is 1. The summed E-state index contributed by atoms with van der Waals surface area (Å²) >= 11 is 0. The molecule has 4 nitrogen and oxygen atoms in total. The predicted molar refractivity (Wildman–Crippen MR) is 86.7 cm³/mol. The monoisotopic (exact) mass is 317 g/mol. The molecule has 0 aliphatic heterocycles. The number of sulfonamides is 1. The molecule has 0 spiro atoms. The van der Waals surface area contributed by atoms with Crippen LogP contribution in [0.5, 0.6) is 0 Å². The quantitative estimate of drug-likeness (QED) is 0.922. The molecule has 3 rings (SSSR count). The number of fused-ring (bicyclic) bond motifs is 1. The van der Waals surface area contributed by atoms with E-state index in [0.29, 0.717) is 17.7 Å². The average Bonchev–Trinajstić information content (AvgIpc) is 2.99. The van der Waals surface area contributed by atoms with E-state index in [4.69, 9.17) is 4.42 Å². The second-order valence-electron chi connectivity index (χ2n) is 5.62. The van der Waals surface area contributed by atoms with Crippen LogP contribution in [0.4, 0.5) is 0 Å².